The van der Waals surface area contributed by atoms with Crippen LogP contribution in [0.2, 0.25) is 0 Å². The summed E-state index contributed by atoms with van der Waals surface area (Å²) in [6.45, 7) is 7.89. The molecule has 1 aromatic rings. The molecule has 2 nitrogen and oxygen atoms in total. The van der Waals surface area contributed by atoms with E-state index in [1.807, 2.05) is 0 Å². The number of aliphatic hydroxyl groups is 1. The van der Waals surface area contributed by atoms with Gasteiger partial charge in [-0.25, -0.2) is 0 Å². The molecule has 2 unspecified atom stereocenters. The van der Waals surface area contributed by atoms with Gasteiger partial charge in [-0.05, 0) is 63.7 Å². The van der Waals surface area contributed by atoms with E-state index < -0.39 is 5.60 Å². The van der Waals surface area contributed by atoms with Crippen molar-refractivity contribution in [2.75, 3.05) is 19.6 Å². The van der Waals surface area contributed by atoms with Crippen molar-refractivity contribution in [3.8, 4) is 0 Å². The number of rotatable bonds is 4. The van der Waals surface area contributed by atoms with E-state index in [2.05, 4.69) is 36.9 Å². The molecule has 1 aromatic carbocycles. The minimum absolute atomic E-state index is 0.445. The number of aryl methyl sites for hydroxylation is 2. The molecule has 23 heavy (non-hydrogen) atoms. The van der Waals surface area contributed by atoms with Crippen LogP contribution < -0.4 is 0 Å². The van der Waals surface area contributed by atoms with Gasteiger partial charge in [0.1, 0.15) is 0 Å². The third-order valence-corrected chi connectivity index (χ3v) is 6.10. The Morgan fingerprint density at radius 2 is 1.83 bits per heavy atom. The number of hydrogen-bond donors (Lipinski definition) is 1. The van der Waals surface area contributed by atoms with Crippen LogP contribution in [-0.4, -0.2) is 35.2 Å². The van der Waals surface area contributed by atoms with Crippen LogP contribution >= 0.6 is 0 Å². The van der Waals surface area contributed by atoms with Gasteiger partial charge in [0.25, 0.3) is 0 Å². The van der Waals surface area contributed by atoms with Gasteiger partial charge in [-0.15, -0.1) is 0 Å². The van der Waals surface area contributed by atoms with Gasteiger partial charge in [0, 0.05) is 18.9 Å². The molecule has 128 valence electrons. The zero-order valence-corrected chi connectivity index (χ0v) is 15.0. The third kappa shape index (κ3) is 4.16. The molecule has 2 fully saturated rings. The third-order valence-electron chi connectivity index (χ3n) is 6.10. The Bertz CT molecular complexity index is 519. The highest BCUT2D eigenvalue weighted by Gasteiger charge is 2.41. The van der Waals surface area contributed by atoms with Crippen LogP contribution in [0, 0.1) is 19.8 Å². The number of likely N-dealkylation sites (tertiary alicyclic amines) is 1. The molecule has 1 N–H and O–H groups in total. The molecule has 1 saturated carbocycles. The van der Waals surface area contributed by atoms with Crippen LogP contribution in [0.15, 0.2) is 18.2 Å². The highest BCUT2D eigenvalue weighted by Crippen LogP contribution is 2.39. The van der Waals surface area contributed by atoms with E-state index >= 15 is 0 Å². The lowest BCUT2D eigenvalue weighted by atomic mass is 9.83. The maximum atomic E-state index is 11.4. The quantitative estimate of drug-likeness (QED) is 0.897. The van der Waals surface area contributed by atoms with E-state index in [4.69, 9.17) is 0 Å². The molecule has 0 spiro atoms. The van der Waals surface area contributed by atoms with Gasteiger partial charge in [0.2, 0.25) is 0 Å². The van der Waals surface area contributed by atoms with Crippen molar-refractivity contribution < 1.29 is 5.11 Å². The monoisotopic (exact) mass is 315 g/mol. The van der Waals surface area contributed by atoms with Crippen molar-refractivity contribution in [3.05, 3.63) is 34.9 Å². The van der Waals surface area contributed by atoms with Crippen molar-refractivity contribution in [3.63, 3.8) is 0 Å². The van der Waals surface area contributed by atoms with Crippen LogP contribution in [0.4, 0.5) is 0 Å². The summed E-state index contributed by atoms with van der Waals surface area (Å²) in [7, 11) is 0. The zero-order chi connectivity index (χ0) is 16.3. The molecule has 0 aromatic heterocycles. The smallest absolute Gasteiger partial charge is 0.0728 e. The fraction of sp³-hybridized carbons (Fsp3) is 0.714. The average molecular weight is 316 g/mol. The largest absolute Gasteiger partial charge is 0.389 e. The second kappa shape index (κ2) is 7.36. The molecule has 2 heteroatoms. The predicted octanol–water partition coefficient (Wildman–Crippen LogP) is 4.25. The molecule has 2 atom stereocenters. The van der Waals surface area contributed by atoms with Crippen molar-refractivity contribution in [2.45, 2.75) is 70.8 Å². The number of benzene rings is 1. The fourth-order valence-electron chi connectivity index (χ4n) is 4.57. The summed E-state index contributed by atoms with van der Waals surface area (Å²) >= 11 is 0. The van der Waals surface area contributed by atoms with Gasteiger partial charge in [-0.2, -0.15) is 0 Å². The van der Waals surface area contributed by atoms with Gasteiger partial charge in [-0.1, -0.05) is 43.0 Å². The van der Waals surface area contributed by atoms with Crippen LogP contribution in [0.25, 0.3) is 0 Å². The molecule has 1 aliphatic carbocycles. The van der Waals surface area contributed by atoms with Crippen LogP contribution in [0.1, 0.15) is 61.6 Å². The molecular weight excluding hydrogens is 282 g/mol. The van der Waals surface area contributed by atoms with E-state index in [9.17, 15) is 5.11 Å². The van der Waals surface area contributed by atoms with Crippen LogP contribution in [0.3, 0.4) is 0 Å². The predicted molar refractivity (Wildman–Crippen MR) is 96.8 cm³/mol. The molecule has 1 heterocycles. The number of nitrogens with zero attached hydrogens (tertiary/aromatic N) is 1. The normalized spacial score (nSPS) is 29.6. The van der Waals surface area contributed by atoms with Gasteiger partial charge >= 0.3 is 0 Å². The summed E-state index contributed by atoms with van der Waals surface area (Å²) in [5, 5.41) is 11.4. The van der Waals surface area contributed by atoms with Crippen LogP contribution in [0.5, 0.6) is 0 Å². The lowest BCUT2D eigenvalue weighted by molar-refractivity contribution is -0.0103. The standard InChI is InChI=1S/C21H33NO/c1-17-9-10-18(2)19(14-17)15-21(23)11-7-8-20(21)16-22-12-5-3-4-6-13-22/h9-10,14,20,23H,3-8,11-13,15-16H2,1-2H3. The van der Waals surface area contributed by atoms with Gasteiger partial charge in [0.15, 0.2) is 0 Å². The molecule has 0 radical (unpaired) electrons. The molecule has 1 aliphatic heterocycles. The van der Waals surface area contributed by atoms with E-state index in [1.165, 1.54) is 68.3 Å². The molecule has 3 rings (SSSR count). The highest BCUT2D eigenvalue weighted by molar-refractivity contribution is 5.32. The van der Waals surface area contributed by atoms with Gasteiger partial charge in [0.05, 0.1) is 5.60 Å². The Morgan fingerprint density at radius 1 is 1.09 bits per heavy atom. The summed E-state index contributed by atoms with van der Waals surface area (Å²) < 4.78 is 0. The Balaban J connectivity index is 1.69. The fourth-order valence-corrected chi connectivity index (χ4v) is 4.57. The maximum Gasteiger partial charge on any atom is 0.0728 e. The molecule has 0 amide bonds. The van der Waals surface area contributed by atoms with Crippen LogP contribution in [-0.2, 0) is 6.42 Å². The summed E-state index contributed by atoms with van der Waals surface area (Å²) in [5.41, 5.74) is 3.47. The van der Waals surface area contributed by atoms with Crippen molar-refractivity contribution in [1.82, 2.24) is 4.90 Å². The molecule has 0 bridgehead atoms. The first-order chi connectivity index (χ1) is 11.1. The zero-order valence-electron chi connectivity index (χ0n) is 15.0. The summed E-state index contributed by atoms with van der Waals surface area (Å²) in [4.78, 5) is 2.62. The lowest BCUT2D eigenvalue weighted by Gasteiger charge is -2.34. The average Bonchev–Trinajstić information content (AvgIpc) is 2.73. The van der Waals surface area contributed by atoms with Crippen molar-refractivity contribution >= 4 is 0 Å². The Morgan fingerprint density at radius 3 is 2.57 bits per heavy atom. The summed E-state index contributed by atoms with van der Waals surface area (Å²) in [5.74, 6) is 0.445. The first-order valence-corrected chi connectivity index (χ1v) is 9.58. The second-order valence-electron chi connectivity index (χ2n) is 8.01. The number of hydrogen-bond acceptors (Lipinski definition) is 2. The summed E-state index contributed by atoms with van der Waals surface area (Å²) in [6.07, 6.45) is 9.61. The molecule has 1 saturated heterocycles. The van der Waals surface area contributed by atoms with Gasteiger partial charge < -0.3 is 10.0 Å². The first kappa shape index (κ1) is 17.0. The van der Waals surface area contributed by atoms with Crippen molar-refractivity contribution in [2.24, 2.45) is 5.92 Å². The lowest BCUT2D eigenvalue weighted by Crippen LogP contribution is -2.43. The first-order valence-electron chi connectivity index (χ1n) is 9.58. The van der Waals surface area contributed by atoms with E-state index in [0.717, 1.165) is 19.4 Å². The molecule has 2 aliphatic rings. The Kier molecular flexibility index (Phi) is 5.43. The van der Waals surface area contributed by atoms with Gasteiger partial charge in [-0.3, -0.25) is 0 Å². The summed E-state index contributed by atoms with van der Waals surface area (Å²) in [6, 6.07) is 6.65. The maximum absolute atomic E-state index is 11.4. The topological polar surface area (TPSA) is 23.5 Å². The van der Waals surface area contributed by atoms with E-state index in [0.29, 0.717) is 5.92 Å². The highest BCUT2D eigenvalue weighted by atomic mass is 16.3. The molecular formula is C21H33NO. The second-order valence-corrected chi connectivity index (χ2v) is 8.01. The van der Waals surface area contributed by atoms with E-state index in [-0.39, 0.29) is 0 Å². The van der Waals surface area contributed by atoms with Crippen molar-refractivity contribution in [1.29, 1.82) is 0 Å². The Hall–Kier alpha value is -0.860. The Labute approximate surface area is 141 Å². The van der Waals surface area contributed by atoms with E-state index in [1.54, 1.807) is 0 Å². The minimum Gasteiger partial charge on any atom is -0.389 e. The minimum atomic E-state index is -0.495. The SMILES string of the molecule is Cc1ccc(C)c(CC2(O)CCCC2CN2CCCCCC2)c1.